The summed E-state index contributed by atoms with van der Waals surface area (Å²) >= 11 is 0. The monoisotopic (exact) mass is 450 g/mol. The maximum Gasteiger partial charge on any atom is 0.295 e. The van der Waals surface area contributed by atoms with Crippen molar-refractivity contribution in [2.75, 3.05) is 6.61 Å². The third kappa shape index (κ3) is 8.27. The largest absolute Gasteiger partial charge is 0.394 e. The standard InChI is InChI=1S/C13H14N4O14/c18-7-10(28-14(20)21)12(30-16(24)25)13(31-17(26)27)11(29-15(22)23)9(19)6-8-4-2-1-3-5-8/h1-5,10-13,18H,6-7H2/t10-,11-,12+,13-/m0/s1. The van der Waals surface area contributed by atoms with Crippen LogP contribution in [0.4, 0.5) is 0 Å². The number of benzene rings is 1. The lowest BCUT2D eigenvalue weighted by Crippen LogP contribution is -2.55. The summed E-state index contributed by atoms with van der Waals surface area (Å²) < 4.78 is 0. The minimum Gasteiger partial charge on any atom is -0.394 e. The van der Waals surface area contributed by atoms with E-state index in [4.69, 9.17) is 0 Å². The van der Waals surface area contributed by atoms with Gasteiger partial charge in [0.2, 0.25) is 0 Å². The smallest absolute Gasteiger partial charge is 0.295 e. The summed E-state index contributed by atoms with van der Waals surface area (Å²) in [7, 11) is 0. The van der Waals surface area contributed by atoms with Crippen LogP contribution in [0.25, 0.3) is 0 Å². The van der Waals surface area contributed by atoms with Crippen LogP contribution in [-0.2, 0) is 30.6 Å². The van der Waals surface area contributed by atoms with E-state index in [1.807, 2.05) is 0 Å². The number of hydrogen-bond donors (Lipinski definition) is 1. The van der Waals surface area contributed by atoms with Gasteiger partial charge in [0.15, 0.2) is 30.2 Å². The van der Waals surface area contributed by atoms with E-state index in [-0.39, 0.29) is 5.56 Å². The molecular formula is C13H14N4O14. The molecule has 0 saturated heterocycles. The normalized spacial score (nSPS) is 14.2. The fourth-order valence-corrected chi connectivity index (χ4v) is 2.43. The van der Waals surface area contributed by atoms with E-state index >= 15 is 0 Å². The Bertz CT molecular complexity index is 805. The van der Waals surface area contributed by atoms with Gasteiger partial charge in [-0.3, -0.25) is 4.79 Å². The SMILES string of the molecule is O=C(Cc1ccccc1)[C@H](O[N+](=O)[O-])[C@H](O[N+](=O)[O-])[C@H](O[N+](=O)[O-])[C@H](CO)O[N+](=O)[O-]. The third-order valence-electron chi connectivity index (χ3n) is 3.54. The van der Waals surface area contributed by atoms with E-state index in [0.717, 1.165) is 0 Å². The van der Waals surface area contributed by atoms with Gasteiger partial charge in [-0.2, -0.15) is 0 Å². The molecule has 0 aliphatic rings. The molecule has 1 aromatic rings. The number of aliphatic hydroxyl groups is 1. The van der Waals surface area contributed by atoms with Gasteiger partial charge in [0.25, 0.3) is 20.3 Å². The second kappa shape index (κ2) is 11.6. The number of rotatable bonds is 15. The van der Waals surface area contributed by atoms with E-state index in [0.29, 0.717) is 0 Å². The van der Waals surface area contributed by atoms with E-state index in [2.05, 4.69) is 19.4 Å². The van der Waals surface area contributed by atoms with Crippen LogP contribution in [0.15, 0.2) is 30.3 Å². The van der Waals surface area contributed by atoms with Crippen LogP contribution in [0, 0.1) is 40.5 Å². The average molecular weight is 450 g/mol. The molecule has 1 aromatic carbocycles. The van der Waals surface area contributed by atoms with Crippen molar-refractivity contribution < 1.29 is 49.6 Å². The summed E-state index contributed by atoms with van der Waals surface area (Å²) in [5.41, 5.74) is 0.274. The Labute approximate surface area is 170 Å². The highest BCUT2D eigenvalue weighted by atomic mass is 17.0. The van der Waals surface area contributed by atoms with Crippen LogP contribution in [0.2, 0.25) is 0 Å². The molecule has 0 aromatic heterocycles. The molecule has 0 fully saturated rings. The van der Waals surface area contributed by atoms with E-state index in [1.54, 1.807) is 6.07 Å². The Morgan fingerprint density at radius 2 is 1.29 bits per heavy atom. The molecule has 0 saturated carbocycles. The minimum absolute atomic E-state index is 0.274. The number of carbonyl (C=O) groups excluding carboxylic acids is 1. The molecule has 18 nitrogen and oxygen atoms in total. The molecule has 170 valence electrons. The van der Waals surface area contributed by atoms with Crippen molar-refractivity contribution in [3.8, 4) is 0 Å². The Hall–Kier alpha value is -4.35. The molecule has 0 spiro atoms. The molecule has 0 unspecified atom stereocenters. The van der Waals surface area contributed by atoms with Gasteiger partial charge < -0.3 is 24.5 Å². The van der Waals surface area contributed by atoms with Crippen molar-refractivity contribution in [1.29, 1.82) is 0 Å². The van der Waals surface area contributed by atoms with Crippen LogP contribution in [-0.4, -0.2) is 62.3 Å². The topological polar surface area (TPSA) is 247 Å². The van der Waals surface area contributed by atoms with Gasteiger partial charge in [-0.05, 0) is 5.56 Å². The van der Waals surface area contributed by atoms with Crippen molar-refractivity contribution >= 4 is 5.78 Å². The van der Waals surface area contributed by atoms with Gasteiger partial charge in [0.05, 0.1) is 6.61 Å². The molecule has 18 heteroatoms. The number of nitrogens with zero attached hydrogens (tertiary/aromatic N) is 4. The first-order valence-electron chi connectivity index (χ1n) is 7.97. The lowest BCUT2D eigenvalue weighted by Gasteiger charge is -2.31. The summed E-state index contributed by atoms with van der Waals surface area (Å²) in [4.78, 5) is 72.1. The van der Waals surface area contributed by atoms with Crippen LogP contribution in [0.5, 0.6) is 0 Å². The molecule has 0 aliphatic heterocycles. The highest BCUT2D eigenvalue weighted by Crippen LogP contribution is 2.21. The third-order valence-corrected chi connectivity index (χ3v) is 3.54. The number of carbonyl (C=O) groups is 1. The van der Waals surface area contributed by atoms with Crippen LogP contribution in [0.1, 0.15) is 5.56 Å². The van der Waals surface area contributed by atoms with Gasteiger partial charge in [-0.1, -0.05) is 30.3 Å². The minimum atomic E-state index is -2.63. The Balaban J connectivity index is 3.41. The number of aliphatic hydroxyl groups excluding tert-OH is 1. The Morgan fingerprint density at radius 3 is 1.74 bits per heavy atom. The Kier molecular flexibility index (Phi) is 9.24. The van der Waals surface area contributed by atoms with E-state index in [1.165, 1.54) is 24.3 Å². The van der Waals surface area contributed by atoms with Crippen molar-refractivity contribution in [3.05, 3.63) is 76.4 Å². The first-order chi connectivity index (χ1) is 14.5. The first-order valence-corrected chi connectivity index (χ1v) is 7.97. The molecule has 0 bridgehead atoms. The fourth-order valence-electron chi connectivity index (χ4n) is 2.43. The zero-order valence-corrected chi connectivity index (χ0v) is 15.2. The number of hydrogen-bond acceptors (Lipinski definition) is 14. The van der Waals surface area contributed by atoms with Crippen LogP contribution >= 0.6 is 0 Å². The molecule has 1 rings (SSSR count). The van der Waals surface area contributed by atoms with E-state index < -0.39 is 63.6 Å². The highest BCUT2D eigenvalue weighted by Gasteiger charge is 2.46. The van der Waals surface area contributed by atoms with Crippen LogP contribution in [0.3, 0.4) is 0 Å². The first kappa shape index (κ1) is 24.7. The van der Waals surface area contributed by atoms with E-state index in [9.17, 15) is 50.4 Å². The molecule has 0 aliphatic carbocycles. The summed E-state index contributed by atoms with van der Waals surface area (Å²) in [6, 6.07) is 7.42. The van der Waals surface area contributed by atoms with Gasteiger partial charge in [0.1, 0.15) is 0 Å². The molecule has 1 N–H and O–H groups in total. The predicted octanol–water partition coefficient (Wildman–Crippen LogP) is -0.902. The second-order valence-corrected chi connectivity index (χ2v) is 5.52. The Morgan fingerprint density at radius 1 is 0.806 bits per heavy atom. The van der Waals surface area contributed by atoms with Gasteiger partial charge in [-0.25, -0.2) is 0 Å². The summed E-state index contributed by atoms with van der Waals surface area (Å²) in [6.45, 7) is -1.39. The maximum absolute atomic E-state index is 12.6. The second-order valence-electron chi connectivity index (χ2n) is 5.52. The predicted molar refractivity (Wildman–Crippen MR) is 89.7 cm³/mol. The van der Waals surface area contributed by atoms with Crippen LogP contribution < -0.4 is 0 Å². The summed E-state index contributed by atoms with van der Waals surface area (Å²) in [6.07, 6.45) is -10.7. The average Bonchev–Trinajstić information content (AvgIpc) is 2.67. The van der Waals surface area contributed by atoms with Crippen molar-refractivity contribution in [2.45, 2.75) is 30.8 Å². The van der Waals surface area contributed by atoms with Crippen molar-refractivity contribution in [2.24, 2.45) is 0 Å². The van der Waals surface area contributed by atoms with Gasteiger partial charge in [-0.15, -0.1) is 40.5 Å². The fraction of sp³-hybridized carbons (Fsp3) is 0.462. The zero-order valence-electron chi connectivity index (χ0n) is 15.2. The number of ketones is 1. The molecule has 0 amide bonds. The molecular weight excluding hydrogens is 436 g/mol. The van der Waals surface area contributed by atoms with Crippen molar-refractivity contribution in [1.82, 2.24) is 0 Å². The van der Waals surface area contributed by atoms with Crippen molar-refractivity contribution in [3.63, 3.8) is 0 Å². The summed E-state index contributed by atoms with van der Waals surface area (Å²) in [5, 5.41) is 46.2. The van der Waals surface area contributed by atoms with Gasteiger partial charge >= 0.3 is 0 Å². The molecule has 0 heterocycles. The van der Waals surface area contributed by atoms with Gasteiger partial charge in [0, 0.05) is 6.42 Å². The number of Topliss-reactive ketones (excluding diaryl/α,β-unsaturated/α-hetero) is 1. The summed E-state index contributed by atoms with van der Waals surface area (Å²) in [5.74, 6) is -1.23. The lowest BCUT2D eigenvalue weighted by molar-refractivity contribution is -0.825. The lowest BCUT2D eigenvalue weighted by atomic mass is 9.96. The highest BCUT2D eigenvalue weighted by molar-refractivity contribution is 5.85. The zero-order chi connectivity index (χ0) is 23.6. The maximum atomic E-state index is 12.6. The quantitative estimate of drug-likeness (QED) is 0.251. The molecule has 31 heavy (non-hydrogen) atoms. The molecule has 4 atom stereocenters. The molecule has 0 radical (unpaired) electrons.